The number of alkyl carbamates (subject to hydrolysis) is 1. The van der Waals surface area contributed by atoms with Gasteiger partial charge in [-0.15, -0.1) is 0 Å². The van der Waals surface area contributed by atoms with E-state index in [0.717, 1.165) is 0 Å². The molecule has 1 rings (SSSR count). The zero-order valence-electron chi connectivity index (χ0n) is 17.3. The van der Waals surface area contributed by atoms with E-state index in [1.54, 1.807) is 34.6 Å². The van der Waals surface area contributed by atoms with E-state index in [4.69, 9.17) is 13.8 Å². The maximum absolute atomic E-state index is 13.4. The fraction of sp³-hybridized carbons (Fsp3) is 0.722. The minimum Gasteiger partial charge on any atom is -0.444 e. The Morgan fingerprint density at radius 1 is 1.25 bits per heavy atom. The molecule has 0 aromatic rings. The summed E-state index contributed by atoms with van der Waals surface area (Å²) in [5.74, 6) is -0.312. The molecule has 0 saturated carbocycles. The molecule has 0 aliphatic heterocycles. The first-order valence-electron chi connectivity index (χ1n) is 9.18. The Labute approximate surface area is 166 Å². The Balaban J connectivity index is 3.27. The van der Waals surface area contributed by atoms with Crippen molar-refractivity contribution in [1.29, 1.82) is 5.26 Å². The lowest BCUT2D eigenvalue weighted by Gasteiger charge is -2.39. The van der Waals surface area contributed by atoms with E-state index >= 15 is 0 Å². The number of ether oxygens (including phenoxy) is 1. The zero-order valence-corrected chi connectivity index (χ0v) is 18.2. The van der Waals surface area contributed by atoms with Crippen molar-refractivity contribution in [3.8, 4) is 6.07 Å². The lowest BCUT2D eigenvalue weighted by Crippen LogP contribution is -2.56. The molecule has 0 spiro atoms. The van der Waals surface area contributed by atoms with Gasteiger partial charge in [-0.2, -0.15) is 5.26 Å². The first kappa shape index (κ1) is 24.2. The standard InChI is InChI=1S/C18H30N3O6P/c1-7-25-28(24,26-8-2)18(12-19)10-9-14(20-13(3)22)15(11-18)21-16(23)27-17(4,5)6/h9-10,14-15H,7-8,11H2,1-6H3,(H,20,22)(H,21,23)/t14-,15-,18-/m0/s1. The van der Waals surface area contributed by atoms with Gasteiger partial charge in [0.05, 0.1) is 31.4 Å². The molecule has 0 heterocycles. The summed E-state index contributed by atoms with van der Waals surface area (Å²) in [7, 11) is -3.86. The van der Waals surface area contributed by atoms with Crippen molar-refractivity contribution in [2.75, 3.05) is 13.2 Å². The Hall–Kier alpha value is -1.88. The number of amides is 2. The molecule has 9 nitrogen and oxygen atoms in total. The van der Waals surface area contributed by atoms with Gasteiger partial charge < -0.3 is 24.4 Å². The highest BCUT2D eigenvalue weighted by atomic mass is 31.2. The maximum atomic E-state index is 13.4. The van der Waals surface area contributed by atoms with E-state index in [-0.39, 0.29) is 25.5 Å². The first-order chi connectivity index (χ1) is 12.9. The van der Waals surface area contributed by atoms with Crippen LogP contribution < -0.4 is 10.6 Å². The second-order valence-electron chi connectivity index (χ2n) is 7.41. The number of nitrogens with one attached hydrogen (secondary N) is 2. The quantitative estimate of drug-likeness (QED) is 0.483. The highest BCUT2D eigenvalue weighted by molar-refractivity contribution is 7.56. The summed E-state index contributed by atoms with van der Waals surface area (Å²) in [4.78, 5) is 23.8. The van der Waals surface area contributed by atoms with Crippen molar-refractivity contribution < 1.29 is 27.9 Å². The molecule has 0 unspecified atom stereocenters. The van der Waals surface area contributed by atoms with Crippen LogP contribution in [0.4, 0.5) is 4.79 Å². The van der Waals surface area contributed by atoms with Crippen molar-refractivity contribution in [1.82, 2.24) is 10.6 Å². The summed E-state index contributed by atoms with van der Waals surface area (Å²) in [5.41, 5.74) is -0.726. The van der Waals surface area contributed by atoms with E-state index in [0.29, 0.717) is 0 Å². The Bertz CT molecular complexity index is 686. The van der Waals surface area contributed by atoms with E-state index in [1.165, 1.54) is 19.1 Å². The van der Waals surface area contributed by atoms with Crippen molar-refractivity contribution in [3.05, 3.63) is 12.2 Å². The average Bonchev–Trinajstić information content (AvgIpc) is 2.54. The van der Waals surface area contributed by atoms with Crippen molar-refractivity contribution in [2.24, 2.45) is 0 Å². The first-order valence-corrected chi connectivity index (χ1v) is 10.7. The topological polar surface area (TPSA) is 127 Å². The van der Waals surface area contributed by atoms with Gasteiger partial charge in [0, 0.05) is 13.3 Å². The molecule has 0 fully saturated rings. The summed E-state index contributed by atoms with van der Waals surface area (Å²) in [6, 6.07) is 0.688. The van der Waals surface area contributed by atoms with E-state index in [9.17, 15) is 19.4 Å². The molecule has 0 aromatic heterocycles. The van der Waals surface area contributed by atoms with Crippen molar-refractivity contribution >= 4 is 19.6 Å². The Kier molecular flexibility index (Phi) is 8.24. The van der Waals surface area contributed by atoms with Gasteiger partial charge in [-0.3, -0.25) is 9.36 Å². The van der Waals surface area contributed by atoms with E-state index in [2.05, 4.69) is 10.6 Å². The van der Waals surface area contributed by atoms with E-state index in [1.807, 2.05) is 6.07 Å². The van der Waals surface area contributed by atoms with Crippen LogP contribution in [0.2, 0.25) is 0 Å². The lowest BCUT2D eigenvalue weighted by molar-refractivity contribution is -0.119. The normalized spacial score (nSPS) is 24.9. The van der Waals surface area contributed by atoms with Crippen LogP contribution in [0.15, 0.2) is 12.2 Å². The summed E-state index contributed by atoms with van der Waals surface area (Å²) >= 11 is 0. The van der Waals surface area contributed by atoms with Crippen LogP contribution in [0.25, 0.3) is 0 Å². The third kappa shape index (κ3) is 6.06. The number of nitrogens with zero attached hydrogens (tertiary/aromatic N) is 1. The van der Waals surface area contributed by atoms with Gasteiger partial charge >= 0.3 is 13.7 Å². The summed E-state index contributed by atoms with van der Waals surface area (Å²) in [5, 5.41) is 13.6. The van der Waals surface area contributed by atoms with Crippen LogP contribution >= 0.6 is 7.60 Å². The van der Waals surface area contributed by atoms with Crippen LogP contribution in [0.1, 0.15) is 48.0 Å². The Morgan fingerprint density at radius 2 is 1.82 bits per heavy atom. The highest BCUT2D eigenvalue weighted by Crippen LogP contribution is 2.63. The van der Waals surface area contributed by atoms with Gasteiger partial charge in [0.15, 0.2) is 5.16 Å². The Morgan fingerprint density at radius 3 is 2.25 bits per heavy atom. The zero-order chi connectivity index (χ0) is 21.6. The second-order valence-corrected chi connectivity index (χ2v) is 9.72. The maximum Gasteiger partial charge on any atom is 0.407 e. The van der Waals surface area contributed by atoms with Crippen LogP contribution in [-0.4, -0.2) is 48.1 Å². The molecule has 158 valence electrons. The van der Waals surface area contributed by atoms with Gasteiger partial charge in [-0.1, -0.05) is 12.2 Å². The number of rotatable bonds is 7. The molecule has 10 heteroatoms. The van der Waals surface area contributed by atoms with Crippen molar-refractivity contribution in [3.63, 3.8) is 0 Å². The van der Waals surface area contributed by atoms with Crippen molar-refractivity contribution in [2.45, 2.75) is 70.8 Å². The number of allylic oxidation sites excluding steroid dienone is 1. The summed E-state index contributed by atoms with van der Waals surface area (Å²) in [6.07, 6.45) is 2.17. The van der Waals surface area contributed by atoms with Crippen LogP contribution in [-0.2, 0) is 23.1 Å². The SMILES string of the molecule is CCOP(=O)(OCC)[C@@]1(C#N)C=C[C@H](NC(C)=O)[C@@H](NC(=O)OC(C)(C)C)C1. The molecule has 3 atom stereocenters. The molecule has 0 radical (unpaired) electrons. The predicted molar refractivity (Wildman–Crippen MR) is 104 cm³/mol. The molecule has 1 aliphatic rings. The number of carbonyl (C=O) groups is 2. The molecule has 0 saturated heterocycles. The van der Waals surface area contributed by atoms with Crippen LogP contribution in [0.3, 0.4) is 0 Å². The van der Waals surface area contributed by atoms with Crippen LogP contribution in [0.5, 0.6) is 0 Å². The number of carbonyl (C=O) groups excluding carboxylic acids is 2. The second kappa shape index (κ2) is 9.55. The molecule has 28 heavy (non-hydrogen) atoms. The fourth-order valence-corrected chi connectivity index (χ4v) is 4.89. The molecule has 0 bridgehead atoms. The minimum atomic E-state index is -3.86. The minimum absolute atomic E-state index is 0.0819. The molecular formula is C18H30N3O6P. The molecule has 2 N–H and O–H groups in total. The van der Waals surface area contributed by atoms with Gasteiger partial charge in [-0.05, 0) is 34.6 Å². The summed E-state index contributed by atoms with van der Waals surface area (Å²) in [6.45, 7) is 9.99. The van der Waals surface area contributed by atoms with E-state index < -0.39 is 36.5 Å². The molecule has 1 aliphatic carbocycles. The number of hydrogen-bond donors (Lipinski definition) is 2. The third-order valence-electron chi connectivity index (χ3n) is 3.90. The molecule has 2 amide bonds. The third-order valence-corrected chi connectivity index (χ3v) is 6.50. The van der Waals surface area contributed by atoms with Crippen LogP contribution in [0, 0.1) is 11.3 Å². The number of nitriles is 1. The van der Waals surface area contributed by atoms with Gasteiger partial charge in [0.1, 0.15) is 5.60 Å². The highest BCUT2D eigenvalue weighted by Gasteiger charge is 2.54. The molecule has 0 aromatic carbocycles. The monoisotopic (exact) mass is 415 g/mol. The molecular weight excluding hydrogens is 385 g/mol. The lowest BCUT2D eigenvalue weighted by atomic mass is 9.88. The largest absolute Gasteiger partial charge is 0.444 e. The smallest absolute Gasteiger partial charge is 0.407 e. The van der Waals surface area contributed by atoms with Gasteiger partial charge in [-0.25, -0.2) is 4.79 Å². The fourth-order valence-electron chi connectivity index (χ4n) is 2.87. The van der Waals surface area contributed by atoms with Gasteiger partial charge in [0.2, 0.25) is 5.91 Å². The predicted octanol–water partition coefficient (Wildman–Crippen LogP) is 2.87. The summed E-state index contributed by atoms with van der Waals surface area (Å²) < 4.78 is 29.4. The van der Waals surface area contributed by atoms with Gasteiger partial charge in [0.25, 0.3) is 0 Å². The number of hydrogen-bond acceptors (Lipinski definition) is 7. The average molecular weight is 415 g/mol.